The van der Waals surface area contributed by atoms with E-state index in [9.17, 15) is 0 Å². The zero-order valence-electron chi connectivity index (χ0n) is 6.75. The molecule has 1 heterocycles. The van der Waals surface area contributed by atoms with E-state index in [1.807, 2.05) is 6.92 Å². The zero-order chi connectivity index (χ0) is 8.55. The molecule has 1 atom stereocenters. The fourth-order valence-electron chi connectivity index (χ4n) is 1.22. The van der Waals surface area contributed by atoms with E-state index < -0.39 is 0 Å². The molecule has 0 aliphatic heterocycles. The lowest BCUT2D eigenvalue weighted by molar-refractivity contribution is 1.09. The number of hydrogen-bond donors (Lipinski definition) is 0. The number of benzene rings is 1. The van der Waals surface area contributed by atoms with Gasteiger partial charge in [0.1, 0.15) is 0 Å². The topological polar surface area (TPSA) is 0 Å². The van der Waals surface area contributed by atoms with Crippen molar-refractivity contribution in [3.8, 4) is 0 Å². The Morgan fingerprint density at radius 3 is 2.92 bits per heavy atom. The molecule has 1 aromatic carbocycles. The molecule has 0 aliphatic rings. The Morgan fingerprint density at radius 2 is 2.17 bits per heavy atom. The van der Waals surface area contributed by atoms with Gasteiger partial charge in [0.2, 0.25) is 0 Å². The van der Waals surface area contributed by atoms with Crippen molar-refractivity contribution < 1.29 is 0 Å². The van der Waals surface area contributed by atoms with Crippen molar-refractivity contribution in [2.24, 2.45) is 0 Å². The van der Waals surface area contributed by atoms with Crippen LogP contribution >= 0.6 is 22.9 Å². The Labute approximate surface area is 80.8 Å². The lowest BCUT2D eigenvalue weighted by atomic mass is 10.1. The number of fused-ring (bicyclic) bond motifs is 1. The predicted molar refractivity (Wildman–Crippen MR) is 56.1 cm³/mol. The van der Waals surface area contributed by atoms with E-state index in [-0.39, 0.29) is 5.38 Å². The van der Waals surface area contributed by atoms with Gasteiger partial charge in [-0.3, -0.25) is 0 Å². The summed E-state index contributed by atoms with van der Waals surface area (Å²) in [4.78, 5) is 0. The quantitative estimate of drug-likeness (QED) is 0.600. The summed E-state index contributed by atoms with van der Waals surface area (Å²) in [6.07, 6.45) is 0. The first-order valence-electron chi connectivity index (χ1n) is 3.88. The third kappa shape index (κ3) is 1.35. The Balaban J connectivity index is 2.60. The van der Waals surface area contributed by atoms with Crippen molar-refractivity contribution in [2.75, 3.05) is 0 Å². The number of halogens is 1. The molecule has 0 bridgehead atoms. The van der Waals surface area contributed by atoms with Gasteiger partial charge in [-0.25, -0.2) is 0 Å². The molecule has 0 nitrogen and oxygen atoms in total. The summed E-state index contributed by atoms with van der Waals surface area (Å²) in [6, 6.07) is 8.51. The second-order valence-corrected chi connectivity index (χ2v) is 4.44. The SMILES string of the molecule is C[C@@H](Cl)c1ccc2ccsc2c1. The van der Waals surface area contributed by atoms with Crippen LogP contribution in [0.15, 0.2) is 29.6 Å². The molecule has 0 fully saturated rings. The van der Waals surface area contributed by atoms with Gasteiger partial charge in [0.15, 0.2) is 0 Å². The van der Waals surface area contributed by atoms with Crippen LogP contribution in [0.25, 0.3) is 10.1 Å². The molecule has 0 saturated carbocycles. The fraction of sp³-hybridized carbons (Fsp3) is 0.200. The first-order valence-corrected chi connectivity index (χ1v) is 5.20. The molecule has 0 aliphatic carbocycles. The van der Waals surface area contributed by atoms with E-state index in [4.69, 9.17) is 11.6 Å². The molecule has 0 spiro atoms. The van der Waals surface area contributed by atoms with E-state index in [1.54, 1.807) is 11.3 Å². The van der Waals surface area contributed by atoms with E-state index >= 15 is 0 Å². The maximum absolute atomic E-state index is 5.98. The minimum atomic E-state index is 0.108. The molecule has 12 heavy (non-hydrogen) atoms. The molecule has 2 heteroatoms. The van der Waals surface area contributed by atoms with Gasteiger partial charge in [-0.2, -0.15) is 0 Å². The van der Waals surface area contributed by atoms with E-state index in [1.165, 1.54) is 15.6 Å². The summed E-state index contributed by atoms with van der Waals surface area (Å²) in [7, 11) is 0. The van der Waals surface area contributed by atoms with Crippen molar-refractivity contribution in [3.63, 3.8) is 0 Å². The summed E-state index contributed by atoms with van der Waals surface area (Å²) in [5.74, 6) is 0. The van der Waals surface area contributed by atoms with Crippen LogP contribution in [0.4, 0.5) is 0 Å². The van der Waals surface area contributed by atoms with Crippen molar-refractivity contribution in [1.82, 2.24) is 0 Å². The highest BCUT2D eigenvalue weighted by atomic mass is 35.5. The number of alkyl halides is 1. The summed E-state index contributed by atoms with van der Waals surface area (Å²) in [6.45, 7) is 2.00. The standard InChI is InChI=1S/C10H9ClS/c1-7(11)9-3-2-8-4-5-12-10(8)6-9/h2-7H,1H3/t7-/m1/s1. The molecule has 0 N–H and O–H groups in total. The maximum Gasteiger partial charge on any atom is 0.0557 e. The molecule has 62 valence electrons. The third-order valence-corrected chi connectivity index (χ3v) is 3.07. The Bertz CT molecular complexity index is 389. The lowest BCUT2D eigenvalue weighted by Crippen LogP contribution is -1.81. The van der Waals surface area contributed by atoms with Crippen molar-refractivity contribution >= 4 is 33.0 Å². The van der Waals surface area contributed by atoms with Crippen LogP contribution in [-0.4, -0.2) is 0 Å². The highest BCUT2D eigenvalue weighted by Crippen LogP contribution is 2.26. The normalized spacial score (nSPS) is 13.5. The minimum absolute atomic E-state index is 0.108. The molecule has 2 rings (SSSR count). The summed E-state index contributed by atoms with van der Waals surface area (Å²) >= 11 is 7.74. The van der Waals surface area contributed by atoms with E-state index in [0.29, 0.717) is 0 Å². The van der Waals surface area contributed by atoms with Gasteiger partial charge in [-0.05, 0) is 35.4 Å². The van der Waals surface area contributed by atoms with Gasteiger partial charge in [0.05, 0.1) is 5.38 Å². The van der Waals surface area contributed by atoms with Crippen LogP contribution in [0.1, 0.15) is 17.9 Å². The largest absolute Gasteiger partial charge is 0.144 e. The molecule has 0 amide bonds. The van der Waals surface area contributed by atoms with Crippen LogP contribution < -0.4 is 0 Å². The van der Waals surface area contributed by atoms with E-state index in [0.717, 1.165) is 0 Å². The molecule has 2 aromatic rings. The van der Waals surface area contributed by atoms with Crippen LogP contribution in [0.3, 0.4) is 0 Å². The lowest BCUT2D eigenvalue weighted by Gasteiger charge is -2.01. The van der Waals surface area contributed by atoms with Gasteiger partial charge in [-0.1, -0.05) is 12.1 Å². The highest BCUT2D eigenvalue weighted by Gasteiger charge is 2.01. The van der Waals surface area contributed by atoms with E-state index in [2.05, 4.69) is 29.6 Å². The molecule has 1 aromatic heterocycles. The fourth-order valence-corrected chi connectivity index (χ4v) is 2.19. The Kier molecular flexibility index (Phi) is 2.07. The smallest absolute Gasteiger partial charge is 0.0557 e. The summed E-state index contributed by atoms with van der Waals surface area (Å²) in [5, 5.41) is 3.52. The molecule has 0 unspecified atom stereocenters. The monoisotopic (exact) mass is 196 g/mol. The van der Waals surface area contributed by atoms with Gasteiger partial charge in [0.25, 0.3) is 0 Å². The maximum atomic E-state index is 5.98. The van der Waals surface area contributed by atoms with Crippen molar-refractivity contribution in [3.05, 3.63) is 35.2 Å². The van der Waals surface area contributed by atoms with Crippen molar-refractivity contribution in [2.45, 2.75) is 12.3 Å². The Morgan fingerprint density at radius 1 is 1.33 bits per heavy atom. The van der Waals surface area contributed by atoms with Crippen LogP contribution in [0.5, 0.6) is 0 Å². The van der Waals surface area contributed by atoms with Crippen LogP contribution in [0.2, 0.25) is 0 Å². The molecule has 0 saturated heterocycles. The average Bonchev–Trinajstić information content (AvgIpc) is 2.49. The summed E-state index contributed by atoms with van der Waals surface area (Å²) < 4.78 is 1.32. The summed E-state index contributed by atoms with van der Waals surface area (Å²) in [5.41, 5.74) is 1.20. The van der Waals surface area contributed by atoms with Gasteiger partial charge in [-0.15, -0.1) is 22.9 Å². The number of rotatable bonds is 1. The first kappa shape index (κ1) is 8.09. The number of hydrogen-bond acceptors (Lipinski definition) is 1. The predicted octanol–water partition coefficient (Wildman–Crippen LogP) is 4.20. The molecular formula is C10H9ClS. The average molecular weight is 197 g/mol. The Hall–Kier alpha value is -0.530. The van der Waals surface area contributed by atoms with Gasteiger partial charge >= 0.3 is 0 Å². The third-order valence-electron chi connectivity index (χ3n) is 1.94. The van der Waals surface area contributed by atoms with Gasteiger partial charge in [0, 0.05) is 4.70 Å². The zero-order valence-corrected chi connectivity index (χ0v) is 8.32. The molecular weight excluding hydrogens is 188 g/mol. The highest BCUT2D eigenvalue weighted by molar-refractivity contribution is 7.17. The van der Waals surface area contributed by atoms with Crippen LogP contribution in [-0.2, 0) is 0 Å². The molecule has 0 radical (unpaired) electrons. The number of thiophene rings is 1. The second-order valence-electron chi connectivity index (χ2n) is 2.83. The first-order chi connectivity index (χ1) is 5.77. The minimum Gasteiger partial charge on any atom is -0.144 e. The van der Waals surface area contributed by atoms with Gasteiger partial charge < -0.3 is 0 Å². The van der Waals surface area contributed by atoms with Crippen LogP contribution in [0, 0.1) is 0 Å². The van der Waals surface area contributed by atoms with Crippen molar-refractivity contribution in [1.29, 1.82) is 0 Å². The second kappa shape index (κ2) is 3.08.